The molecule has 106 valence electrons. The third kappa shape index (κ3) is 4.43. The number of aryl methyl sites for hydroxylation is 1. The molecule has 0 atom stereocenters. The molecule has 5 heteroatoms. The molecule has 0 aliphatic carbocycles. The normalized spacial score (nSPS) is 10.6. The summed E-state index contributed by atoms with van der Waals surface area (Å²) >= 11 is 0. The largest absolute Gasteiger partial charge is 0.481 e. The zero-order valence-corrected chi connectivity index (χ0v) is 11.6. The molecule has 0 fully saturated rings. The molecule has 0 unspecified atom stereocenters. The molecule has 0 bridgehead atoms. The fourth-order valence-electron chi connectivity index (χ4n) is 1.69. The average Bonchev–Trinajstić information content (AvgIpc) is 2.38. The van der Waals surface area contributed by atoms with Gasteiger partial charge in [-0.15, -0.1) is 0 Å². The van der Waals surface area contributed by atoms with Crippen molar-refractivity contribution >= 4 is 11.6 Å². The quantitative estimate of drug-likeness (QED) is 0.779. The van der Waals surface area contributed by atoms with E-state index in [0.29, 0.717) is 5.69 Å². The van der Waals surface area contributed by atoms with Gasteiger partial charge in [-0.2, -0.15) is 0 Å². The molecular formula is C14H21FN2O2. The maximum atomic E-state index is 13.5. The van der Waals surface area contributed by atoms with Crippen molar-refractivity contribution in [3.05, 3.63) is 23.5 Å². The van der Waals surface area contributed by atoms with Crippen molar-refractivity contribution in [1.29, 1.82) is 0 Å². The highest BCUT2D eigenvalue weighted by molar-refractivity contribution is 5.77. The predicted molar refractivity (Wildman–Crippen MR) is 73.6 cm³/mol. The molecule has 1 aromatic rings. The first-order valence-corrected chi connectivity index (χ1v) is 6.45. The van der Waals surface area contributed by atoms with Crippen LogP contribution in [0.15, 0.2) is 12.1 Å². The Hall–Kier alpha value is -1.78. The van der Waals surface area contributed by atoms with Crippen molar-refractivity contribution in [1.82, 2.24) is 5.32 Å². The molecule has 19 heavy (non-hydrogen) atoms. The summed E-state index contributed by atoms with van der Waals surface area (Å²) in [5.74, 6) is -0.757. The van der Waals surface area contributed by atoms with E-state index in [9.17, 15) is 9.18 Å². The van der Waals surface area contributed by atoms with Crippen LogP contribution in [0.1, 0.15) is 32.3 Å². The Morgan fingerprint density at radius 2 is 2.05 bits per heavy atom. The van der Waals surface area contributed by atoms with Crippen LogP contribution in [0, 0.1) is 12.7 Å². The number of carbonyl (C=O) groups excluding carboxylic acids is 1. The predicted octanol–water partition coefficient (Wildman–Crippen LogP) is 2.40. The standard InChI is InChI=1S/C14H21FN2O2/c1-4-10(5-2)17-14(18)8-19-13-6-9(3)12(16)7-11(13)15/h6-7,10H,4-5,8,16H2,1-3H3,(H,17,18). The Balaban J connectivity index is 2.57. The SMILES string of the molecule is CCC(CC)NC(=O)COc1cc(C)c(N)cc1F. The summed E-state index contributed by atoms with van der Waals surface area (Å²) in [4.78, 5) is 11.6. The Labute approximate surface area is 113 Å². The van der Waals surface area contributed by atoms with Crippen molar-refractivity contribution in [3.8, 4) is 5.75 Å². The van der Waals surface area contributed by atoms with Crippen LogP contribution in [0.25, 0.3) is 0 Å². The van der Waals surface area contributed by atoms with Gasteiger partial charge in [-0.05, 0) is 31.4 Å². The van der Waals surface area contributed by atoms with Gasteiger partial charge in [0.1, 0.15) is 0 Å². The molecule has 0 aliphatic heterocycles. The van der Waals surface area contributed by atoms with Crippen molar-refractivity contribution < 1.29 is 13.9 Å². The monoisotopic (exact) mass is 268 g/mol. The fourth-order valence-corrected chi connectivity index (χ4v) is 1.69. The first kappa shape index (κ1) is 15.3. The highest BCUT2D eigenvalue weighted by atomic mass is 19.1. The number of amides is 1. The van der Waals surface area contributed by atoms with E-state index in [-0.39, 0.29) is 24.3 Å². The number of ether oxygens (including phenoxy) is 1. The lowest BCUT2D eigenvalue weighted by molar-refractivity contribution is -0.123. The van der Waals surface area contributed by atoms with Crippen LogP contribution >= 0.6 is 0 Å². The van der Waals surface area contributed by atoms with Gasteiger partial charge in [0.05, 0.1) is 0 Å². The molecule has 0 aromatic heterocycles. The molecular weight excluding hydrogens is 247 g/mol. The van der Waals surface area contributed by atoms with Crippen molar-refractivity contribution in [2.75, 3.05) is 12.3 Å². The van der Waals surface area contributed by atoms with E-state index >= 15 is 0 Å². The van der Waals surface area contributed by atoms with Crippen LogP contribution < -0.4 is 15.8 Å². The zero-order chi connectivity index (χ0) is 14.4. The molecule has 0 spiro atoms. The summed E-state index contributed by atoms with van der Waals surface area (Å²) in [6, 6.07) is 2.83. The summed E-state index contributed by atoms with van der Waals surface area (Å²) < 4.78 is 18.7. The van der Waals surface area contributed by atoms with Crippen LogP contribution in [-0.2, 0) is 4.79 Å². The smallest absolute Gasteiger partial charge is 0.258 e. The number of nitrogens with two attached hydrogens (primary N) is 1. The van der Waals surface area contributed by atoms with Crippen LogP contribution in [0.3, 0.4) is 0 Å². The van der Waals surface area contributed by atoms with E-state index in [1.54, 1.807) is 6.92 Å². The van der Waals surface area contributed by atoms with Crippen LogP contribution in [0.4, 0.5) is 10.1 Å². The maximum absolute atomic E-state index is 13.5. The zero-order valence-electron chi connectivity index (χ0n) is 11.6. The third-order valence-electron chi connectivity index (χ3n) is 3.03. The minimum absolute atomic E-state index is 0.0476. The molecule has 0 heterocycles. The van der Waals surface area contributed by atoms with E-state index in [4.69, 9.17) is 10.5 Å². The van der Waals surface area contributed by atoms with Crippen LogP contribution in [0.2, 0.25) is 0 Å². The van der Waals surface area contributed by atoms with E-state index in [0.717, 1.165) is 18.4 Å². The maximum Gasteiger partial charge on any atom is 0.258 e. The second-order valence-electron chi connectivity index (χ2n) is 4.51. The van der Waals surface area contributed by atoms with Gasteiger partial charge in [-0.25, -0.2) is 4.39 Å². The minimum atomic E-state index is -0.557. The van der Waals surface area contributed by atoms with Crippen molar-refractivity contribution in [2.45, 2.75) is 39.7 Å². The topological polar surface area (TPSA) is 64.3 Å². The Kier molecular flexibility index (Phi) is 5.60. The number of hydrogen-bond donors (Lipinski definition) is 2. The van der Waals surface area contributed by atoms with Gasteiger partial charge in [0.25, 0.3) is 5.91 Å². The number of nitrogen functional groups attached to an aromatic ring is 1. The Morgan fingerprint density at radius 3 is 2.63 bits per heavy atom. The number of benzene rings is 1. The highest BCUT2D eigenvalue weighted by Crippen LogP contribution is 2.23. The lowest BCUT2D eigenvalue weighted by Crippen LogP contribution is -2.37. The van der Waals surface area contributed by atoms with Gasteiger partial charge in [-0.1, -0.05) is 13.8 Å². The minimum Gasteiger partial charge on any atom is -0.481 e. The molecule has 1 amide bonds. The van der Waals surface area contributed by atoms with E-state index in [2.05, 4.69) is 5.32 Å². The molecule has 0 saturated carbocycles. The Bertz CT molecular complexity index is 445. The van der Waals surface area contributed by atoms with Crippen LogP contribution in [0.5, 0.6) is 5.75 Å². The van der Waals surface area contributed by atoms with Gasteiger partial charge in [0.2, 0.25) is 0 Å². The van der Waals surface area contributed by atoms with Gasteiger partial charge in [-0.3, -0.25) is 4.79 Å². The second kappa shape index (κ2) is 6.97. The summed E-state index contributed by atoms with van der Waals surface area (Å²) in [5, 5.41) is 2.82. The number of halogens is 1. The number of hydrogen-bond acceptors (Lipinski definition) is 3. The third-order valence-corrected chi connectivity index (χ3v) is 3.03. The number of anilines is 1. The molecule has 3 N–H and O–H groups in total. The molecule has 0 saturated heterocycles. The van der Waals surface area contributed by atoms with E-state index in [1.807, 2.05) is 13.8 Å². The number of carbonyl (C=O) groups is 1. The van der Waals surface area contributed by atoms with E-state index < -0.39 is 5.82 Å². The van der Waals surface area contributed by atoms with Gasteiger partial charge in [0, 0.05) is 17.8 Å². The van der Waals surface area contributed by atoms with Crippen molar-refractivity contribution in [2.24, 2.45) is 0 Å². The summed E-state index contributed by atoms with van der Waals surface area (Å²) in [6.07, 6.45) is 1.72. The van der Waals surface area contributed by atoms with Gasteiger partial charge in [0.15, 0.2) is 18.2 Å². The Morgan fingerprint density at radius 1 is 1.42 bits per heavy atom. The van der Waals surface area contributed by atoms with Gasteiger partial charge < -0.3 is 15.8 Å². The molecule has 1 aromatic carbocycles. The van der Waals surface area contributed by atoms with E-state index in [1.165, 1.54) is 12.1 Å². The first-order chi connectivity index (χ1) is 8.97. The molecule has 0 aliphatic rings. The molecule has 4 nitrogen and oxygen atoms in total. The first-order valence-electron chi connectivity index (χ1n) is 6.45. The lowest BCUT2D eigenvalue weighted by Gasteiger charge is -2.15. The summed E-state index contributed by atoms with van der Waals surface area (Å²) in [7, 11) is 0. The number of rotatable bonds is 6. The second-order valence-corrected chi connectivity index (χ2v) is 4.51. The van der Waals surface area contributed by atoms with Crippen LogP contribution in [-0.4, -0.2) is 18.6 Å². The molecule has 0 radical (unpaired) electrons. The highest BCUT2D eigenvalue weighted by Gasteiger charge is 2.11. The summed E-state index contributed by atoms with van der Waals surface area (Å²) in [5.41, 5.74) is 6.66. The fraction of sp³-hybridized carbons (Fsp3) is 0.500. The lowest BCUT2D eigenvalue weighted by atomic mass is 10.2. The average molecular weight is 268 g/mol. The van der Waals surface area contributed by atoms with Crippen molar-refractivity contribution in [3.63, 3.8) is 0 Å². The van der Waals surface area contributed by atoms with Gasteiger partial charge >= 0.3 is 0 Å². The molecule has 1 rings (SSSR count). The summed E-state index contributed by atoms with van der Waals surface area (Å²) in [6.45, 7) is 5.55. The number of nitrogens with one attached hydrogen (secondary N) is 1.